The van der Waals surface area contributed by atoms with Gasteiger partial charge in [-0.3, -0.25) is 14.2 Å². The van der Waals surface area contributed by atoms with Gasteiger partial charge >= 0.3 is 5.69 Å². The Labute approximate surface area is 124 Å². The molecule has 0 aliphatic heterocycles. The minimum absolute atomic E-state index is 0.138. The predicted molar refractivity (Wildman–Crippen MR) is 80.9 cm³/mol. The van der Waals surface area contributed by atoms with Gasteiger partial charge < -0.3 is 15.2 Å². The maximum atomic E-state index is 12.1. The zero-order valence-electron chi connectivity index (χ0n) is 13.1. The summed E-state index contributed by atoms with van der Waals surface area (Å²) in [6.45, 7) is 2.18. The van der Waals surface area contributed by atoms with E-state index in [0.717, 1.165) is 17.4 Å². The first-order valence-corrected chi connectivity index (χ1v) is 7.05. The molecule has 0 aliphatic carbocycles. The number of aryl methyl sites for hydroxylation is 1. The van der Waals surface area contributed by atoms with Gasteiger partial charge in [0.25, 0.3) is 5.56 Å². The highest BCUT2D eigenvalue weighted by molar-refractivity contribution is 5.81. The van der Waals surface area contributed by atoms with Gasteiger partial charge in [0.1, 0.15) is 0 Å². The van der Waals surface area contributed by atoms with Gasteiger partial charge in [0, 0.05) is 27.3 Å². The van der Waals surface area contributed by atoms with Crippen molar-refractivity contribution >= 4 is 5.91 Å². The van der Waals surface area contributed by atoms with Gasteiger partial charge in [-0.1, -0.05) is 19.8 Å². The van der Waals surface area contributed by atoms with E-state index in [4.69, 9.17) is 5.73 Å². The lowest BCUT2D eigenvalue weighted by Crippen LogP contribution is -2.44. The number of carbonyl (C=O) groups is 1. The van der Waals surface area contributed by atoms with Crippen LogP contribution in [0.2, 0.25) is 0 Å². The molecule has 1 aromatic rings. The fourth-order valence-electron chi connectivity index (χ4n) is 2.16. The van der Waals surface area contributed by atoms with Crippen LogP contribution >= 0.6 is 0 Å². The average molecular weight is 296 g/mol. The number of nitrogens with two attached hydrogens (primary N) is 1. The third-order valence-corrected chi connectivity index (χ3v) is 3.49. The van der Waals surface area contributed by atoms with Gasteiger partial charge in [-0.25, -0.2) is 4.79 Å². The quantitative estimate of drug-likeness (QED) is 0.770. The molecule has 1 aromatic heterocycles. The van der Waals surface area contributed by atoms with Crippen LogP contribution < -0.4 is 17.0 Å². The van der Waals surface area contributed by atoms with Crippen LogP contribution in [-0.2, 0) is 25.4 Å². The highest BCUT2D eigenvalue weighted by Gasteiger charge is 2.19. The number of carbonyl (C=O) groups excluding carboxylic acids is 1. The predicted octanol–water partition coefficient (Wildman–Crippen LogP) is -0.440. The Bertz CT molecular complexity index is 618. The second kappa shape index (κ2) is 7.21. The van der Waals surface area contributed by atoms with Crippen molar-refractivity contribution in [1.29, 1.82) is 0 Å². The van der Waals surface area contributed by atoms with Gasteiger partial charge in [0.2, 0.25) is 5.91 Å². The van der Waals surface area contributed by atoms with Crippen LogP contribution in [0.4, 0.5) is 0 Å². The Balaban J connectivity index is 2.89. The molecule has 1 rings (SSSR count). The molecule has 1 heterocycles. The third-order valence-electron chi connectivity index (χ3n) is 3.49. The van der Waals surface area contributed by atoms with E-state index in [1.807, 2.05) is 6.92 Å². The van der Waals surface area contributed by atoms with Gasteiger partial charge in [-0.05, 0) is 6.42 Å². The molecule has 118 valence electrons. The maximum absolute atomic E-state index is 12.1. The van der Waals surface area contributed by atoms with Crippen molar-refractivity contribution in [3.05, 3.63) is 32.6 Å². The SMILES string of the molecule is CCCC[C@H](N)C(=O)N(C)Cc1cn(C)c(=O)n(C)c1=O. The monoisotopic (exact) mass is 296 g/mol. The van der Waals surface area contributed by atoms with Crippen LogP contribution in [-0.4, -0.2) is 33.0 Å². The fraction of sp³-hybridized carbons (Fsp3) is 0.643. The van der Waals surface area contributed by atoms with Crippen LogP contribution in [0, 0.1) is 0 Å². The molecular formula is C14H24N4O3. The minimum Gasteiger partial charge on any atom is -0.340 e. The minimum atomic E-state index is -0.550. The lowest BCUT2D eigenvalue weighted by Gasteiger charge is -2.21. The Morgan fingerprint density at radius 3 is 2.57 bits per heavy atom. The molecule has 0 bridgehead atoms. The molecule has 0 fully saturated rings. The van der Waals surface area contributed by atoms with E-state index in [1.54, 1.807) is 14.1 Å². The smallest absolute Gasteiger partial charge is 0.330 e. The molecule has 0 saturated heterocycles. The molecular weight excluding hydrogens is 272 g/mol. The summed E-state index contributed by atoms with van der Waals surface area (Å²) in [5, 5.41) is 0. The Morgan fingerprint density at radius 2 is 2.00 bits per heavy atom. The summed E-state index contributed by atoms with van der Waals surface area (Å²) >= 11 is 0. The van der Waals surface area contributed by atoms with Gasteiger partial charge in [0.15, 0.2) is 0 Å². The van der Waals surface area contributed by atoms with Crippen molar-refractivity contribution in [1.82, 2.24) is 14.0 Å². The zero-order chi connectivity index (χ0) is 16.2. The first-order valence-electron chi connectivity index (χ1n) is 7.05. The van der Waals surface area contributed by atoms with E-state index in [2.05, 4.69) is 0 Å². The van der Waals surface area contributed by atoms with Crippen LogP contribution in [0.1, 0.15) is 31.7 Å². The van der Waals surface area contributed by atoms with Gasteiger partial charge in [-0.2, -0.15) is 0 Å². The summed E-state index contributed by atoms with van der Waals surface area (Å²) in [4.78, 5) is 37.2. The van der Waals surface area contributed by atoms with Crippen molar-refractivity contribution in [2.45, 2.75) is 38.8 Å². The second-order valence-electron chi connectivity index (χ2n) is 5.36. The number of nitrogens with zero attached hydrogens (tertiary/aromatic N) is 3. The maximum Gasteiger partial charge on any atom is 0.330 e. The second-order valence-corrected chi connectivity index (χ2v) is 5.36. The van der Waals surface area contributed by atoms with E-state index in [9.17, 15) is 14.4 Å². The zero-order valence-corrected chi connectivity index (χ0v) is 13.1. The average Bonchev–Trinajstić information content (AvgIpc) is 2.47. The summed E-state index contributed by atoms with van der Waals surface area (Å²) in [5.74, 6) is -0.195. The summed E-state index contributed by atoms with van der Waals surface area (Å²) in [5.41, 5.74) is 5.46. The number of unbranched alkanes of at least 4 members (excludes halogenated alkanes) is 1. The summed E-state index contributed by atoms with van der Waals surface area (Å²) in [7, 11) is 4.60. The highest BCUT2D eigenvalue weighted by atomic mass is 16.2. The van der Waals surface area contributed by atoms with Crippen molar-refractivity contribution in [2.75, 3.05) is 7.05 Å². The molecule has 7 heteroatoms. The fourth-order valence-corrected chi connectivity index (χ4v) is 2.16. The Hall–Kier alpha value is -1.89. The van der Waals surface area contributed by atoms with E-state index in [0.29, 0.717) is 12.0 Å². The Kier molecular flexibility index (Phi) is 5.90. The van der Waals surface area contributed by atoms with Crippen LogP contribution in [0.15, 0.2) is 15.8 Å². The van der Waals surface area contributed by atoms with Crippen LogP contribution in [0.3, 0.4) is 0 Å². The molecule has 0 aliphatic rings. The first kappa shape index (κ1) is 17.2. The molecule has 0 radical (unpaired) electrons. The molecule has 0 aromatic carbocycles. The molecule has 21 heavy (non-hydrogen) atoms. The third kappa shape index (κ3) is 4.04. The van der Waals surface area contributed by atoms with E-state index >= 15 is 0 Å². The summed E-state index contributed by atoms with van der Waals surface area (Å²) in [6, 6.07) is -0.550. The number of hydrogen-bond donors (Lipinski definition) is 1. The number of amides is 1. The van der Waals surface area contributed by atoms with E-state index in [-0.39, 0.29) is 18.0 Å². The first-order chi connectivity index (χ1) is 9.79. The molecule has 2 N–H and O–H groups in total. The van der Waals surface area contributed by atoms with Gasteiger partial charge in [0.05, 0.1) is 18.2 Å². The largest absolute Gasteiger partial charge is 0.340 e. The van der Waals surface area contributed by atoms with Crippen LogP contribution in [0.5, 0.6) is 0 Å². The van der Waals surface area contributed by atoms with E-state index in [1.165, 1.54) is 22.7 Å². The molecule has 7 nitrogen and oxygen atoms in total. The Morgan fingerprint density at radius 1 is 1.38 bits per heavy atom. The van der Waals surface area contributed by atoms with Crippen LogP contribution in [0.25, 0.3) is 0 Å². The standard InChI is InChI=1S/C14H24N4O3/c1-5-6-7-11(15)13(20)16(2)8-10-9-17(3)14(21)18(4)12(10)19/h9,11H,5-8,15H2,1-4H3/t11-/m0/s1. The van der Waals surface area contributed by atoms with Gasteiger partial charge in [-0.15, -0.1) is 0 Å². The molecule has 0 unspecified atom stereocenters. The molecule has 0 saturated carbocycles. The number of aromatic nitrogens is 2. The normalized spacial score (nSPS) is 12.2. The summed E-state index contributed by atoms with van der Waals surface area (Å²) < 4.78 is 2.36. The van der Waals surface area contributed by atoms with Crippen molar-refractivity contribution in [3.8, 4) is 0 Å². The van der Waals surface area contributed by atoms with Crippen molar-refractivity contribution in [3.63, 3.8) is 0 Å². The van der Waals surface area contributed by atoms with Crippen molar-refractivity contribution < 1.29 is 4.79 Å². The number of likely N-dealkylation sites (N-methyl/N-ethyl adjacent to an activating group) is 1. The topological polar surface area (TPSA) is 90.3 Å². The highest BCUT2D eigenvalue weighted by Crippen LogP contribution is 2.04. The molecule has 1 amide bonds. The molecule has 0 spiro atoms. The lowest BCUT2D eigenvalue weighted by atomic mass is 10.1. The lowest BCUT2D eigenvalue weighted by molar-refractivity contribution is -0.132. The number of rotatable bonds is 6. The number of hydrogen-bond acceptors (Lipinski definition) is 4. The molecule has 1 atom stereocenters. The summed E-state index contributed by atoms with van der Waals surface area (Å²) in [6.07, 6.45) is 3.96. The van der Waals surface area contributed by atoms with Crippen molar-refractivity contribution in [2.24, 2.45) is 19.8 Å². The van der Waals surface area contributed by atoms with E-state index < -0.39 is 11.7 Å².